The maximum absolute atomic E-state index is 10.1. The van der Waals surface area contributed by atoms with Gasteiger partial charge < -0.3 is 5.11 Å². The maximum Gasteiger partial charge on any atom is 0.0573 e. The Hall–Kier alpha value is -0.0400. The molecule has 2 aliphatic rings. The Morgan fingerprint density at radius 2 is 1.73 bits per heavy atom. The van der Waals surface area contributed by atoms with Gasteiger partial charge in [-0.25, -0.2) is 0 Å². The van der Waals surface area contributed by atoms with Crippen molar-refractivity contribution in [1.29, 1.82) is 0 Å². The molecule has 0 radical (unpaired) electrons. The summed E-state index contributed by atoms with van der Waals surface area (Å²) < 4.78 is 0. The third-order valence-electron chi connectivity index (χ3n) is 4.52. The molecular formula is C14H26O. The molecule has 2 fully saturated rings. The Morgan fingerprint density at radius 3 is 2.33 bits per heavy atom. The molecule has 0 bridgehead atoms. The Balaban J connectivity index is 1.62. The molecule has 0 aliphatic heterocycles. The van der Waals surface area contributed by atoms with Gasteiger partial charge in [-0.1, -0.05) is 45.4 Å². The minimum absolute atomic E-state index is 0.0370. The molecule has 0 heterocycles. The summed E-state index contributed by atoms with van der Waals surface area (Å²) in [6.07, 6.45) is 11.9. The minimum atomic E-state index is 0.0370. The van der Waals surface area contributed by atoms with Crippen LogP contribution in [0.5, 0.6) is 0 Å². The lowest BCUT2D eigenvalue weighted by molar-refractivity contribution is 0.127. The summed E-state index contributed by atoms with van der Waals surface area (Å²) in [5.41, 5.74) is 0. The van der Waals surface area contributed by atoms with Crippen molar-refractivity contribution in [2.75, 3.05) is 0 Å². The first-order valence-electron chi connectivity index (χ1n) is 7.02. The molecule has 1 nitrogen and oxygen atoms in total. The zero-order valence-electron chi connectivity index (χ0n) is 10.1. The summed E-state index contributed by atoms with van der Waals surface area (Å²) in [5, 5.41) is 10.1. The van der Waals surface area contributed by atoms with E-state index >= 15 is 0 Å². The quantitative estimate of drug-likeness (QED) is 0.662. The SMILES string of the molecule is CCCCCCC(O)C1C2CCCCC21. The number of aliphatic hydroxyl groups excluding tert-OH is 1. The van der Waals surface area contributed by atoms with Crippen molar-refractivity contribution in [2.45, 2.75) is 70.8 Å². The van der Waals surface area contributed by atoms with Crippen LogP contribution in [0.1, 0.15) is 64.7 Å². The van der Waals surface area contributed by atoms with Crippen molar-refractivity contribution in [3.05, 3.63) is 0 Å². The van der Waals surface area contributed by atoms with Gasteiger partial charge in [0.1, 0.15) is 0 Å². The third-order valence-corrected chi connectivity index (χ3v) is 4.52. The second-order valence-electron chi connectivity index (χ2n) is 5.61. The van der Waals surface area contributed by atoms with Gasteiger partial charge in [0, 0.05) is 0 Å². The Morgan fingerprint density at radius 1 is 1.07 bits per heavy atom. The van der Waals surface area contributed by atoms with Crippen LogP contribution in [0.25, 0.3) is 0 Å². The van der Waals surface area contributed by atoms with Crippen LogP contribution in [0.2, 0.25) is 0 Å². The summed E-state index contributed by atoms with van der Waals surface area (Å²) in [6.45, 7) is 2.24. The van der Waals surface area contributed by atoms with E-state index in [1.807, 2.05) is 0 Å². The summed E-state index contributed by atoms with van der Waals surface area (Å²) in [6, 6.07) is 0. The van der Waals surface area contributed by atoms with Crippen molar-refractivity contribution in [3.63, 3.8) is 0 Å². The monoisotopic (exact) mass is 210 g/mol. The van der Waals surface area contributed by atoms with Gasteiger partial charge in [-0.05, 0) is 37.0 Å². The molecule has 3 unspecified atom stereocenters. The Labute approximate surface area is 94.3 Å². The normalized spacial score (nSPS) is 36.0. The van der Waals surface area contributed by atoms with E-state index in [0.29, 0.717) is 5.92 Å². The van der Waals surface area contributed by atoms with E-state index in [9.17, 15) is 5.11 Å². The Bertz CT molecular complexity index is 178. The second-order valence-corrected chi connectivity index (χ2v) is 5.61. The third kappa shape index (κ3) is 2.75. The van der Waals surface area contributed by atoms with E-state index in [2.05, 4.69) is 6.92 Å². The number of hydrogen-bond acceptors (Lipinski definition) is 1. The zero-order chi connectivity index (χ0) is 10.7. The van der Waals surface area contributed by atoms with Gasteiger partial charge in [0.2, 0.25) is 0 Å². The van der Waals surface area contributed by atoms with Gasteiger partial charge in [0.05, 0.1) is 6.10 Å². The molecule has 0 spiro atoms. The largest absolute Gasteiger partial charge is 0.393 e. The van der Waals surface area contributed by atoms with Gasteiger partial charge in [-0.15, -0.1) is 0 Å². The molecule has 2 rings (SSSR count). The first-order chi connectivity index (χ1) is 7.34. The van der Waals surface area contributed by atoms with Crippen LogP contribution in [0.15, 0.2) is 0 Å². The van der Waals surface area contributed by atoms with E-state index in [1.165, 1.54) is 51.4 Å². The topological polar surface area (TPSA) is 20.2 Å². The molecule has 1 N–H and O–H groups in total. The molecule has 2 saturated carbocycles. The number of fused-ring (bicyclic) bond motifs is 1. The highest BCUT2D eigenvalue weighted by Crippen LogP contribution is 2.57. The molecule has 0 saturated heterocycles. The molecule has 15 heavy (non-hydrogen) atoms. The standard InChI is InChI=1S/C14H26O/c1-2-3-4-5-10-13(15)14-11-8-6-7-9-12(11)14/h11-15H,2-10H2,1H3. The molecule has 3 atom stereocenters. The summed E-state index contributed by atoms with van der Waals surface area (Å²) in [7, 11) is 0. The predicted molar refractivity (Wildman–Crippen MR) is 63.7 cm³/mol. The fourth-order valence-electron chi connectivity index (χ4n) is 3.59. The van der Waals surface area contributed by atoms with Crippen LogP contribution in [0.3, 0.4) is 0 Å². The maximum atomic E-state index is 10.1. The van der Waals surface area contributed by atoms with Crippen LogP contribution >= 0.6 is 0 Å². The summed E-state index contributed by atoms with van der Waals surface area (Å²) in [5.74, 6) is 2.54. The molecule has 1 heteroatoms. The number of unbranched alkanes of at least 4 members (excludes halogenated alkanes) is 3. The van der Waals surface area contributed by atoms with E-state index < -0.39 is 0 Å². The highest BCUT2D eigenvalue weighted by atomic mass is 16.3. The fourth-order valence-corrected chi connectivity index (χ4v) is 3.59. The number of hydrogen-bond donors (Lipinski definition) is 1. The van der Waals surface area contributed by atoms with Crippen LogP contribution in [0, 0.1) is 17.8 Å². The smallest absolute Gasteiger partial charge is 0.0573 e. The van der Waals surface area contributed by atoms with Crippen molar-refractivity contribution >= 4 is 0 Å². The lowest BCUT2D eigenvalue weighted by Crippen LogP contribution is -2.11. The minimum Gasteiger partial charge on any atom is -0.393 e. The lowest BCUT2D eigenvalue weighted by atomic mass is 10.0. The van der Waals surface area contributed by atoms with Crippen molar-refractivity contribution < 1.29 is 5.11 Å². The average molecular weight is 210 g/mol. The first kappa shape index (κ1) is 11.4. The van der Waals surface area contributed by atoms with E-state index in [1.54, 1.807) is 0 Å². The highest BCUT2D eigenvalue weighted by Gasteiger charge is 2.53. The summed E-state index contributed by atoms with van der Waals surface area (Å²) >= 11 is 0. The first-order valence-corrected chi connectivity index (χ1v) is 7.02. The van der Waals surface area contributed by atoms with Crippen molar-refractivity contribution in [1.82, 2.24) is 0 Å². The van der Waals surface area contributed by atoms with E-state index in [4.69, 9.17) is 0 Å². The lowest BCUT2D eigenvalue weighted by Gasteiger charge is -2.09. The molecule has 0 amide bonds. The highest BCUT2D eigenvalue weighted by molar-refractivity contribution is 5.02. The Kier molecular flexibility index (Phi) is 4.07. The molecular weight excluding hydrogens is 184 g/mol. The van der Waals surface area contributed by atoms with Crippen molar-refractivity contribution in [3.8, 4) is 0 Å². The molecule has 0 aromatic carbocycles. The van der Waals surface area contributed by atoms with Crippen LogP contribution in [-0.4, -0.2) is 11.2 Å². The van der Waals surface area contributed by atoms with E-state index in [-0.39, 0.29) is 6.10 Å². The van der Waals surface area contributed by atoms with Gasteiger partial charge >= 0.3 is 0 Å². The van der Waals surface area contributed by atoms with Gasteiger partial charge in [0.15, 0.2) is 0 Å². The molecule has 88 valence electrons. The zero-order valence-corrected chi connectivity index (χ0v) is 10.1. The van der Waals surface area contributed by atoms with Crippen LogP contribution in [-0.2, 0) is 0 Å². The molecule has 0 aromatic rings. The molecule has 2 aliphatic carbocycles. The van der Waals surface area contributed by atoms with Crippen molar-refractivity contribution in [2.24, 2.45) is 17.8 Å². The fraction of sp³-hybridized carbons (Fsp3) is 1.00. The van der Waals surface area contributed by atoms with Crippen LogP contribution < -0.4 is 0 Å². The number of rotatable bonds is 6. The molecule has 0 aromatic heterocycles. The predicted octanol–water partition coefficient (Wildman–Crippen LogP) is 3.75. The van der Waals surface area contributed by atoms with Crippen LogP contribution in [0.4, 0.5) is 0 Å². The van der Waals surface area contributed by atoms with E-state index in [0.717, 1.165) is 18.3 Å². The second kappa shape index (κ2) is 5.34. The van der Waals surface area contributed by atoms with Gasteiger partial charge in [0.25, 0.3) is 0 Å². The summed E-state index contributed by atoms with van der Waals surface area (Å²) in [4.78, 5) is 0. The average Bonchev–Trinajstić information content (AvgIpc) is 2.98. The van der Waals surface area contributed by atoms with Gasteiger partial charge in [-0.2, -0.15) is 0 Å². The van der Waals surface area contributed by atoms with Gasteiger partial charge in [-0.3, -0.25) is 0 Å². The number of aliphatic hydroxyl groups is 1.